The number of phenols is 1. The van der Waals surface area contributed by atoms with Gasteiger partial charge in [0.05, 0.1) is 12.4 Å². The minimum absolute atomic E-state index is 0.0117. The van der Waals surface area contributed by atoms with Gasteiger partial charge in [-0.3, -0.25) is 10.1 Å². The molecular formula is C21H25NO5S. The zero-order valence-corrected chi connectivity index (χ0v) is 16.8. The van der Waals surface area contributed by atoms with Crippen LogP contribution in [0.2, 0.25) is 0 Å². The van der Waals surface area contributed by atoms with E-state index in [1.165, 1.54) is 12.1 Å². The summed E-state index contributed by atoms with van der Waals surface area (Å²) >= 11 is 3.89. The van der Waals surface area contributed by atoms with Crippen LogP contribution in [0.15, 0.2) is 54.6 Å². The summed E-state index contributed by atoms with van der Waals surface area (Å²) in [5, 5.41) is 12.3. The molecule has 0 aliphatic carbocycles. The van der Waals surface area contributed by atoms with Crippen LogP contribution in [0.3, 0.4) is 0 Å². The van der Waals surface area contributed by atoms with Gasteiger partial charge in [0.15, 0.2) is 0 Å². The normalized spacial score (nSPS) is 12.1. The van der Waals surface area contributed by atoms with Gasteiger partial charge in [-0.1, -0.05) is 44.2 Å². The van der Waals surface area contributed by atoms with Gasteiger partial charge in [-0.2, -0.15) is 12.6 Å². The van der Waals surface area contributed by atoms with Crippen LogP contribution in [0.1, 0.15) is 31.9 Å². The van der Waals surface area contributed by atoms with Gasteiger partial charge in [0.1, 0.15) is 11.9 Å². The number of ether oxygens (including phenoxy) is 2. The SMILES string of the molecule is CC(C)(CCOC(=O)CS)[C@@H](OC(=O)Nc1ccccc1)c1ccc(O)cc1. The third-order valence-electron chi connectivity index (χ3n) is 4.29. The van der Waals surface area contributed by atoms with Gasteiger partial charge >= 0.3 is 12.1 Å². The van der Waals surface area contributed by atoms with Crippen molar-refractivity contribution in [2.45, 2.75) is 26.4 Å². The smallest absolute Gasteiger partial charge is 0.412 e. The Morgan fingerprint density at radius 3 is 2.36 bits per heavy atom. The standard InChI is InChI=1S/C21H25NO5S/c1-21(2,12-13-26-18(24)14-28)19(15-8-10-17(23)11-9-15)27-20(25)22-16-6-4-3-5-7-16/h3-11,19,23,28H,12-14H2,1-2H3,(H,22,25)/t19-/m0/s1. The number of hydrogen-bond donors (Lipinski definition) is 3. The highest BCUT2D eigenvalue weighted by molar-refractivity contribution is 7.81. The number of hydrogen-bond acceptors (Lipinski definition) is 6. The number of nitrogens with one attached hydrogen (secondary N) is 1. The molecule has 0 aromatic heterocycles. The second kappa shape index (κ2) is 10.0. The number of esters is 1. The summed E-state index contributed by atoms with van der Waals surface area (Å²) in [7, 11) is 0. The Balaban J connectivity index is 2.15. The van der Waals surface area contributed by atoms with Gasteiger partial charge < -0.3 is 14.6 Å². The van der Waals surface area contributed by atoms with Crippen molar-refractivity contribution in [3.8, 4) is 5.75 Å². The zero-order chi connectivity index (χ0) is 20.6. The number of carbonyl (C=O) groups is 2. The molecule has 0 bridgehead atoms. The lowest BCUT2D eigenvalue weighted by atomic mass is 9.80. The summed E-state index contributed by atoms with van der Waals surface area (Å²) in [6, 6.07) is 15.5. The molecule has 6 nitrogen and oxygen atoms in total. The van der Waals surface area contributed by atoms with Gasteiger partial charge in [0.2, 0.25) is 0 Å². The Bertz CT molecular complexity index is 777. The van der Waals surface area contributed by atoms with Gasteiger partial charge in [0.25, 0.3) is 0 Å². The second-order valence-corrected chi connectivity index (χ2v) is 7.30. The van der Waals surface area contributed by atoms with Crippen LogP contribution in [-0.4, -0.2) is 29.5 Å². The molecule has 2 N–H and O–H groups in total. The van der Waals surface area contributed by atoms with Crippen molar-refractivity contribution in [1.29, 1.82) is 0 Å². The topological polar surface area (TPSA) is 84.9 Å². The van der Waals surface area contributed by atoms with E-state index in [9.17, 15) is 14.7 Å². The molecule has 1 atom stereocenters. The summed E-state index contributed by atoms with van der Waals surface area (Å²) in [6.45, 7) is 4.04. The molecule has 0 aliphatic heterocycles. The number of amides is 1. The van der Waals surface area contributed by atoms with Crippen LogP contribution in [0.4, 0.5) is 10.5 Å². The Morgan fingerprint density at radius 2 is 1.75 bits per heavy atom. The highest BCUT2D eigenvalue weighted by Gasteiger charge is 2.34. The minimum Gasteiger partial charge on any atom is -0.508 e. The van der Waals surface area contributed by atoms with E-state index < -0.39 is 23.6 Å². The number of thiol groups is 1. The van der Waals surface area contributed by atoms with E-state index in [1.54, 1.807) is 24.3 Å². The van der Waals surface area contributed by atoms with E-state index in [0.717, 1.165) is 5.56 Å². The number of benzene rings is 2. The van der Waals surface area contributed by atoms with Crippen molar-refractivity contribution in [1.82, 2.24) is 0 Å². The maximum atomic E-state index is 12.5. The van der Waals surface area contributed by atoms with Crippen molar-refractivity contribution in [2.24, 2.45) is 5.41 Å². The first-order valence-corrected chi connectivity index (χ1v) is 9.53. The number of para-hydroxylation sites is 1. The molecule has 2 aromatic rings. The molecule has 0 saturated heterocycles. The maximum Gasteiger partial charge on any atom is 0.412 e. The van der Waals surface area contributed by atoms with Gasteiger partial charge in [0, 0.05) is 11.1 Å². The van der Waals surface area contributed by atoms with Crippen LogP contribution in [0, 0.1) is 5.41 Å². The molecule has 1 amide bonds. The highest BCUT2D eigenvalue weighted by Crippen LogP contribution is 2.40. The van der Waals surface area contributed by atoms with Crippen LogP contribution in [0.5, 0.6) is 5.75 Å². The second-order valence-electron chi connectivity index (χ2n) is 6.99. The fraction of sp³-hybridized carbons (Fsp3) is 0.333. The van der Waals surface area contributed by atoms with E-state index >= 15 is 0 Å². The predicted molar refractivity (Wildman–Crippen MR) is 111 cm³/mol. The Kier molecular flexibility index (Phi) is 7.75. The van der Waals surface area contributed by atoms with Crippen LogP contribution < -0.4 is 5.32 Å². The van der Waals surface area contributed by atoms with Crippen molar-refractivity contribution < 1.29 is 24.2 Å². The number of aromatic hydroxyl groups is 1. The molecule has 0 fully saturated rings. The van der Waals surface area contributed by atoms with E-state index in [1.807, 2.05) is 32.0 Å². The molecule has 7 heteroatoms. The summed E-state index contributed by atoms with van der Waals surface area (Å²) in [5.74, 6) is -0.266. The van der Waals surface area contributed by atoms with E-state index in [4.69, 9.17) is 9.47 Å². The summed E-state index contributed by atoms with van der Waals surface area (Å²) in [4.78, 5) is 23.8. The molecule has 0 unspecified atom stereocenters. The lowest BCUT2D eigenvalue weighted by molar-refractivity contribution is -0.141. The molecule has 0 radical (unpaired) electrons. The van der Waals surface area contributed by atoms with Crippen LogP contribution in [-0.2, 0) is 14.3 Å². The summed E-state index contributed by atoms with van der Waals surface area (Å²) in [6.07, 6.45) is -0.743. The van der Waals surface area contributed by atoms with Gasteiger partial charge in [-0.15, -0.1) is 0 Å². The molecular weight excluding hydrogens is 378 g/mol. The maximum absolute atomic E-state index is 12.5. The van der Waals surface area contributed by atoms with Gasteiger partial charge in [-0.25, -0.2) is 4.79 Å². The number of phenolic OH excluding ortho intramolecular Hbond substituents is 1. The first-order valence-electron chi connectivity index (χ1n) is 8.90. The third-order valence-corrected chi connectivity index (χ3v) is 4.55. The van der Waals surface area contributed by atoms with Crippen molar-refractivity contribution in [3.63, 3.8) is 0 Å². The van der Waals surface area contributed by atoms with E-state index in [0.29, 0.717) is 12.1 Å². The first-order chi connectivity index (χ1) is 13.3. The molecule has 0 aliphatic rings. The third kappa shape index (κ3) is 6.49. The molecule has 150 valence electrons. The Labute approximate surface area is 170 Å². The number of anilines is 1. The average molecular weight is 404 g/mol. The molecule has 0 spiro atoms. The molecule has 0 saturated carbocycles. The van der Waals surface area contributed by atoms with Gasteiger partial charge in [-0.05, 0) is 36.2 Å². The Morgan fingerprint density at radius 1 is 1.11 bits per heavy atom. The van der Waals surface area contributed by atoms with Crippen LogP contribution in [0.25, 0.3) is 0 Å². The van der Waals surface area contributed by atoms with Crippen molar-refractivity contribution >= 4 is 30.4 Å². The lowest BCUT2D eigenvalue weighted by Gasteiger charge is -2.34. The lowest BCUT2D eigenvalue weighted by Crippen LogP contribution is -2.30. The average Bonchev–Trinajstić information content (AvgIpc) is 2.67. The molecule has 2 aromatic carbocycles. The van der Waals surface area contributed by atoms with E-state index in [-0.39, 0.29) is 18.1 Å². The molecule has 2 rings (SSSR count). The predicted octanol–water partition coefficient (Wildman–Crippen LogP) is 4.57. The quantitative estimate of drug-likeness (QED) is 0.444. The number of rotatable bonds is 8. The summed E-state index contributed by atoms with van der Waals surface area (Å²) < 4.78 is 10.9. The fourth-order valence-electron chi connectivity index (χ4n) is 2.71. The molecule has 0 heterocycles. The van der Waals surface area contributed by atoms with Crippen molar-refractivity contribution in [3.05, 3.63) is 60.2 Å². The molecule has 28 heavy (non-hydrogen) atoms. The van der Waals surface area contributed by atoms with E-state index in [2.05, 4.69) is 17.9 Å². The minimum atomic E-state index is -0.619. The van der Waals surface area contributed by atoms with Crippen molar-refractivity contribution in [2.75, 3.05) is 17.7 Å². The monoisotopic (exact) mass is 403 g/mol. The first kappa shape index (κ1) is 21.6. The Hall–Kier alpha value is -2.67. The number of carbonyl (C=O) groups excluding carboxylic acids is 2. The summed E-state index contributed by atoms with van der Waals surface area (Å²) in [5.41, 5.74) is 0.811. The van der Waals surface area contributed by atoms with Crippen LogP contribution >= 0.6 is 12.6 Å². The zero-order valence-electron chi connectivity index (χ0n) is 15.9. The fourth-order valence-corrected chi connectivity index (χ4v) is 2.80. The highest BCUT2D eigenvalue weighted by atomic mass is 32.1. The largest absolute Gasteiger partial charge is 0.508 e.